The van der Waals surface area contributed by atoms with E-state index in [-0.39, 0.29) is 0 Å². The van der Waals surface area contributed by atoms with E-state index >= 15 is 0 Å². The minimum Gasteiger partial charge on any atom is -0.443 e. The van der Waals surface area contributed by atoms with Crippen LogP contribution in [-0.4, -0.2) is 28.2 Å². The average molecular weight is 255 g/mol. The highest BCUT2D eigenvalue weighted by molar-refractivity contribution is 7.09. The van der Waals surface area contributed by atoms with Crippen LogP contribution in [0.4, 0.5) is 4.79 Å². The Bertz CT molecular complexity index is 411. The number of rotatable bonds is 1. The molecule has 0 saturated carbocycles. The van der Waals surface area contributed by atoms with E-state index in [1.54, 1.807) is 11.3 Å². The Hall–Kier alpha value is -1.14. The zero-order valence-electron chi connectivity index (χ0n) is 10.3. The van der Waals surface area contributed by atoms with E-state index in [0.29, 0.717) is 6.54 Å². The van der Waals surface area contributed by atoms with Crippen LogP contribution in [0.5, 0.6) is 0 Å². The number of hydrogen-bond acceptors (Lipinski definition) is 5. The fraction of sp³-hybridized carbons (Fsp3) is 0.636. The molecule has 0 spiro atoms. The van der Waals surface area contributed by atoms with E-state index in [2.05, 4.69) is 10.4 Å². The lowest BCUT2D eigenvalue weighted by Crippen LogP contribution is -2.46. The normalized spacial score (nSPS) is 16.4. The minimum absolute atomic E-state index is 0.398. The van der Waals surface area contributed by atoms with Gasteiger partial charge in [0.15, 0.2) is 0 Å². The van der Waals surface area contributed by atoms with Crippen LogP contribution in [0, 0.1) is 0 Å². The quantitative estimate of drug-likeness (QED) is 0.833. The first-order valence-electron chi connectivity index (χ1n) is 5.60. The van der Waals surface area contributed by atoms with Crippen LogP contribution in [0.2, 0.25) is 0 Å². The van der Waals surface area contributed by atoms with Gasteiger partial charge in [-0.1, -0.05) is 0 Å². The number of carbonyl (C=O) groups is 1. The number of aromatic nitrogens is 1. The molecule has 0 radical (unpaired) electrons. The number of hydrogen-bond donors (Lipinski definition) is 1. The Balaban J connectivity index is 1.88. The Morgan fingerprint density at radius 1 is 1.59 bits per heavy atom. The molecule has 0 aromatic carbocycles. The second-order valence-electron chi connectivity index (χ2n) is 5.01. The zero-order valence-corrected chi connectivity index (χ0v) is 11.1. The summed E-state index contributed by atoms with van der Waals surface area (Å²) in [6.45, 7) is 7.04. The van der Waals surface area contributed by atoms with Crippen molar-refractivity contribution in [2.45, 2.75) is 39.3 Å². The molecule has 0 unspecified atom stereocenters. The van der Waals surface area contributed by atoms with Crippen molar-refractivity contribution in [3.8, 4) is 0 Å². The highest BCUT2D eigenvalue weighted by Gasteiger charge is 2.22. The van der Waals surface area contributed by atoms with Gasteiger partial charge in [-0.3, -0.25) is 5.43 Å². The van der Waals surface area contributed by atoms with Crippen molar-refractivity contribution in [3.63, 3.8) is 0 Å². The first-order chi connectivity index (χ1) is 7.94. The van der Waals surface area contributed by atoms with Crippen molar-refractivity contribution in [3.05, 3.63) is 16.1 Å². The molecular formula is C11H17N3O2S. The van der Waals surface area contributed by atoms with Gasteiger partial charge in [-0.15, -0.1) is 11.3 Å². The summed E-state index contributed by atoms with van der Waals surface area (Å²) in [7, 11) is 0. The molecule has 5 nitrogen and oxygen atoms in total. The highest BCUT2D eigenvalue weighted by atomic mass is 32.1. The van der Waals surface area contributed by atoms with E-state index < -0.39 is 11.7 Å². The van der Waals surface area contributed by atoms with Gasteiger partial charge < -0.3 is 4.74 Å². The maximum absolute atomic E-state index is 11.6. The van der Waals surface area contributed by atoms with E-state index in [1.165, 1.54) is 4.88 Å². The minimum atomic E-state index is -0.463. The molecule has 1 aromatic rings. The summed E-state index contributed by atoms with van der Waals surface area (Å²) in [4.78, 5) is 17.1. The number of amides is 1. The maximum atomic E-state index is 11.6. The summed E-state index contributed by atoms with van der Waals surface area (Å²) < 4.78 is 5.21. The molecule has 2 rings (SSSR count). The van der Waals surface area contributed by atoms with Crippen molar-refractivity contribution in [2.75, 3.05) is 6.54 Å². The van der Waals surface area contributed by atoms with Crippen LogP contribution >= 0.6 is 11.3 Å². The molecule has 1 aliphatic rings. The van der Waals surface area contributed by atoms with Crippen LogP contribution in [0.15, 0.2) is 5.51 Å². The third kappa shape index (κ3) is 3.41. The Labute approximate surface area is 105 Å². The van der Waals surface area contributed by atoms with E-state index in [1.807, 2.05) is 31.3 Å². The molecule has 0 atom stereocenters. The Kier molecular flexibility index (Phi) is 3.35. The predicted molar refractivity (Wildman–Crippen MR) is 65.6 cm³/mol. The summed E-state index contributed by atoms with van der Waals surface area (Å²) in [6, 6.07) is 0. The molecule has 6 heteroatoms. The molecule has 0 fully saturated rings. The lowest BCUT2D eigenvalue weighted by molar-refractivity contribution is 0.0308. The summed E-state index contributed by atoms with van der Waals surface area (Å²) in [5.74, 6) is 0. The fourth-order valence-corrected chi connectivity index (χ4v) is 2.47. The molecule has 94 valence electrons. The number of thiazole rings is 1. The molecule has 1 amide bonds. The van der Waals surface area contributed by atoms with Crippen molar-refractivity contribution in [2.24, 2.45) is 0 Å². The van der Waals surface area contributed by atoms with Gasteiger partial charge in [0.05, 0.1) is 17.7 Å². The van der Waals surface area contributed by atoms with Crippen LogP contribution < -0.4 is 5.43 Å². The number of nitrogens with zero attached hydrogens (tertiary/aromatic N) is 2. The van der Waals surface area contributed by atoms with Crippen molar-refractivity contribution < 1.29 is 9.53 Å². The predicted octanol–water partition coefficient (Wildman–Crippen LogP) is 1.94. The van der Waals surface area contributed by atoms with Crippen LogP contribution in [-0.2, 0) is 17.7 Å². The lowest BCUT2D eigenvalue weighted by Gasteiger charge is -2.28. The molecule has 0 bridgehead atoms. The van der Waals surface area contributed by atoms with Gasteiger partial charge in [0.1, 0.15) is 5.60 Å². The standard InChI is InChI=1S/C11H17N3O2S/c1-11(2,3)16-10(15)13-14-5-4-8-9(6-14)17-7-12-8/h7H,4-6H2,1-3H3,(H,13,15). The third-order valence-electron chi connectivity index (χ3n) is 2.33. The monoisotopic (exact) mass is 255 g/mol. The van der Waals surface area contributed by atoms with Gasteiger partial charge in [0.2, 0.25) is 0 Å². The van der Waals surface area contributed by atoms with E-state index in [4.69, 9.17) is 4.74 Å². The molecule has 0 aliphatic carbocycles. The fourth-order valence-electron chi connectivity index (χ4n) is 1.64. The van der Waals surface area contributed by atoms with Crippen molar-refractivity contribution >= 4 is 17.4 Å². The molecule has 17 heavy (non-hydrogen) atoms. The largest absolute Gasteiger partial charge is 0.443 e. The molecule has 1 N–H and O–H groups in total. The second-order valence-corrected chi connectivity index (χ2v) is 5.95. The summed E-state index contributed by atoms with van der Waals surface area (Å²) in [5, 5.41) is 1.87. The van der Waals surface area contributed by atoms with Gasteiger partial charge >= 0.3 is 6.09 Å². The van der Waals surface area contributed by atoms with E-state index in [9.17, 15) is 4.79 Å². The number of fused-ring (bicyclic) bond motifs is 1. The van der Waals surface area contributed by atoms with Crippen molar-refractivity contribution in [1.29, 1.82) is 0 Å². The maximum Gasteiger partial charge on any atom is 0.422 e. The third-order valence-corrected chi connectivity index (χ3v) is 3.19. The van der Waals surface area contributed by atoms with Gasteiger partial charge in [-0.05, 0) is 20.8 Å². The summed E-state index contributed by atoms with van der Waals surface area (Å²) in [5.41, 5.74) is 5.29. The topological polar surface area (TPSA) is 54.5 Å². The van der Waals surface area contributed by atoms with Gasteiger partial charge in [-0.25, -0.2) is 14.8 Å². The lowest BCUT2D eigenvalue weighted by atomic mass is 10.2. The molecule has 0 saturated heterocycles. The number of hydrazine groups is 1. The molecule has 1 aliphatic heterocycles. The molecule has 1 aromatic heterocycles. The Morgan fingerprint density at radius 2 is 2.35 bits per heavy atom. The van der Waals surface area contributed by atoms with Crippen LogP contribution in [0.1, 0.15) is 31.3 Å². The van der Waals surface area contributed by atoms with Gasteiger partial charge in [-0.2, -0.15) is 0 Å². The van der Waals surface area contributed by atoms with Gasteiger partial charge in [0, 0.05) is 17.8 Å². The Morgan fingerprint density at radius 3 is 3.06 bits per heavy atom. The number of nitrogens with one attached hydrogen (secondary N) is 1. The molecule has 2 heterocycles. The number of carbonyl (C=O) groups excluding carboxylic acids is 1. The van der Waals surface area contributed by atoms with Crippen LogP contribution in [0.25, 0.3) is 0 Å². The number of ether oxygens (including phenoxy) is 1. The average Bonchev–Trinajstić information content (AvgIpc) is 2.61. The first-order valence-corrected chi connectivity index (χ1v) is 6.48. The summed E-state index contributed by atoms with van der Waals surface area (Å²) in [6.07, 6.45) is 0.472. The first kappa shape index (κ1) is 12.3. The van der Waals surface area contributed by atoms with Crippen molar-refractivity contribution in [1.82, 2.24) is 15.4 Å². The van der Waals surface area contributed by atoms with E-state index in [0.717, 1.165) is 18.7 Å². The SMILES string of the molecule is CC(C)(C)OC(=O)NN1CCc2ncsc2C1. The highest BCUT2D eigenvalue weighted by Crippen LogP contribution is 2.20. The van der Waals surface area contributed by atoms with Crippen LogP contribution in [0.3, 0.4) is 0 Å². The smallest absolute Gasteiger partial charge is 0.422 e. The van der Waals surface area contributed by atoms with Gasteiger partial charge in [0.25, 0.3) is 0 Å². The molecular weight excluding hydrogens is 238 g/mol. The zero-order chi connectivity index (χ0) is 12.5. The second kappa shape index (κ2) is 4.62. The summed E-state index contributed by atoms with van der Waals surface area (Å²) >= 11 is 1.62.